The molecule has 1 rings (SSSR count). The van der Waals surface area contributed by atoms with Gasteiger partial charge in [0.15, 0.2) is 11.6 Å². The quantitative estimate of drug-likeness (QED) is 0.719. The first-order chi connectivity index (χ1) is 8.04. The Morgan fingerprint density at radius 3 is 2.47 bits per heavy atom. The zero-order valence-electron chi connectivity index (χ0n) is 10.2. The fourth-order valence-corrected chi connectivity index (χ4v) is 1.91. The molecule has 0 unspecified atom stereocenters. The van der Waals surface area contributed by atoms with E-state index < -0.39 is 11.6 Å². The van der Waals surface area contributed by atoms with Crippen molar-refractivity contribution in [1.29, 1.82) is 0 Å². The van der Waals surface area contributed by atoms with Gasteiger partial charge in [-0.25, -0.2) is 8.78 Å². The Hall–Kier alpha value is -0.480. The third-order valence-corrected chi connectivity index (χ3v) is 3.24. The van der Waals surface area contributed by atoms with Gasteiger partial charge in [-0.2, -0.15) is 0 Å². The molecule has 0 amide bonds. The van der Waals surface area contributed by atoms with Crippen molar-refractivity contribution in [1.82, 2.24) is 4.90 Å². The maximum absolute atomic E-state index is 13.1. The van der Waals surface area contributed by atoms with Gasteiger partial charge >= 0.3 is 0 Å². The van der Waals surface area contributed by atoms with Crippen molar-refractivity contribution in [3.8, 4) is 0 Å². The number of benzene rings is 1. The summed E-state index contributed by atoms with van der Waals surface area (Å²) in [6.45, 7) is 5.81. The molecule has 0 aliphatic rings. The summed E-state index contributed by atoms with van der Waals surface area (Å²) in [5, 5.41) is 0.952. The van der Waals surface area contributed by atoms with Crippen molar-refractivity contribution >= 4 is 15.9 Å². The SMILES string of the molecule is CC(C)N(CCCBr)Cc1ccc(F)c(F)c1. The van der Waals surface area contributed by atoms with E-state index in [0.717, 1.165) is 23.9 Å². The molecule has 1 aromatic rings. The predicted molar refractivity (Wildman–Crippen MR) is 70.3 cm³/mol. The molecule has 17 heavy (non-hydrogen) atoms. The summed E-state index contributed by atoms with van der Waals surface area (Å²) in [7, 11) is 0. The lowest BCUT2D eigenvalue weighted by Crippen LogP contribution is -2.31. The zero-order chi connectivity index (χ0) is 12.8. The van der Waals surface area contributed by atoms with Gasteiger partial charge in [0.1, 0.15) is 0 Å². The van der Waals surface area contributed by atoms with Crippen LogP contribution in [0.25, 0.3) is 0 Å². The minimum Gasteiger partial charge on any atom is -0.297 e. The van der Waals surface area contributed by atoms with E-state index >= 15 is 0 Å². The lowest BCUT2D eigenvalue weighted by Gasteiger charge is -2.26. The van der Waals surface area contributed by atoms with Crippen LogP contribution in [-0.4, -0.2) is 22.8 Å². The summed E-state index contributed by atoms with van der Waals surface area (Å²) in [4.78, 5) is 2.24. The van der Waals surface area contributed by atoms with Gasteiger partial charge in [-0.1, -0.05) is 22.0 Å². The standard InChI is InChI=1S/C13H18BrF2N/c1-10(2)17(7-3-6-14)9-11-4-5-12(15)13(16)8-11/h4-5,8,10H,3,6-7,9H2,1-2H3. The van der Waals surface area contributed by atoms with Crippen molar-refractivity contribution in [2.75, 3.05) is 11.9 Å². The van der Waals surface area contributed by atoms with Gasteiger partial charge in [0.05, 0.1) is 0 Å². The monoisotopic (exact) mass is 305 g/mol. The molecule has 1 aromatic carbocycles. The van der Waals surface area contributed by atoms with Crippen LogP contribution in [-0.2, 0) is 6.54 Å². The van der Waals surface area contributed by atoms with Crippen LogP contribution in [0.2, 0.25) is 0 Å². The molecule has 0 fully saturated rings. The predicted octanol–water partition coefficient (Wildman–Crippen LogP) is 3.96. The molecule has 4 heteroatoms. The van der Waals surface area contributed by atoms with Crippen LogP contribution in [0, 0.1) is 11.6 Å². The van der Waals surface area contributed by atoms with Crippen LogP contribution < -0.4 is 0 Å². The maximum Gasteiger partial charge on any atom is 0.159 e. The van der Waals surface area contributed by atoms with Crippen molar-refractivity contribution in [3.63, 3.8) is 0 Å². The number of nitrogens with zero attached hydrogens (tertiary/aromatic N) is 1. The maximum atomic E-state index is 13.1. The molecule has 0 aromatic heterocycles. The molecule has 0 saturated heterocycles. The van der Waals surface area contributed by atoms with Gasteiger partial charge in [0.2, 0.25) is 0 Å². The van der Waals surface area contributed by atoms with Crippen LogP contribution in [0.15, 0.2) is 18.2 Å². The Kier molecular flexibility index (Phi) is 6.06. The van der Waals surface area contributed by atoms with Gasteiger partial charge in [-0.3, -0.25) is 4.90 Å². The Morgan fingerprint density at radius 1 is 1.24 bits per heavy atom. The summed E-state index contributed by atoms with van der Waals surface area (Å²) >= 11 is 3.40. The van der Waals surface area contributed by atoms with Gasteiger partial charge in [0.25, 0.3) is 0 Å². The first kappa shape index (κ1) is 14.6. The van der Waals surface area contributed by atoms with E-state index in [1.54, 1.807) is 6.07 Å². The van der Waals surface area contributed by atoms with Crippen LogP contribution in [0.3, 0.4) is 0 Å². The number of hydrogen-bond acceptors (Lipinski definition) is 1. The summed E-state index contributed by atoms with van der Waals surface area (Å²) < 4.78 is 25.9. The molecule has 0 N–H and O–H groups in total. The van der Waals surface area contributed by atoms with Gasteiger partial charge in [-0.05, 0) is 44.5 Å². The largest absolute Gasteiger partial charge is 0.297 e. The van der Waals surface area contributed by atoms with E-state index in [1.165, 1.54) is 12.1 Å². The molecular weight excluding hydrogens is 288 g/mol. The third kappa shape index (κ3) is 4.72. The molecule has 0 heterocycles. The van der Waals surface area contributed by atoms with Crippen molar-refractivity contribution in [3.05, 3.63) is 35.4 Å². The van der Waals surface area contributed by atoms with E-state index in [4.69, 9.17) is 0 Å². The summed E-state index contributed by atoms with van der Waals surface area (Å²) in [5.41, 5.74) is 0.812. The lowest BCUT2D eigenvalue weighted by molar-refractivity contribution is 0.213. The Balaban J connectivity index is 2.68. The van der Waals surface area contributed by atoms with Gasteiger partial charge in [-0.15, -0.1) is 0 Å². The summed E-state index contributed by atoms with van der Waals surface area (Å²) in [5.74, 6) is -1.56. The highest BCUT2D eigenvalue weighted by Crippen LogP contribution is 2.13. The normalized spacial score (nSPS) is 11.5. The second kappa shape index (κ2) is 7.07. The Bertz CT molecular complexity index is 355. The minimum absolute atomic E-state index is 0.391. The minimum atomic E-state index is -0.787. The molecule has 0 saturated carbocycles. The Labute approximate surface area is 110 Å². The molecule has 0 atom stereocenters. The first-order valence-electron chi connectivity index (χ1n) is 5.78. The summed E-state index contributed by atoms with van der Waals surface area (Å²) in [6, 6.07) is 4.50. The molecule has 0 aliphatic carbocycles. The molecule has 96 valence electrons. The highest BCUT2D eigenvalue weighted by molar-refractivity contribution is 9.09. The van der Waals surface area contributed by atoms with Crippen molar-refractivity contribution < 1.29 is 8.78 Å². The molecule has 0 bridgehead atoms. The first-order valence-corrected chi connectivity index (χ1v) is 6.90. The van der Waals surface area contributed by atoms with Gasteiger partial charge in [0, 0.05) is 17.9 Å². The van der Waals surface area contributed by atoms with Crippen LogP contribution in [0.1, 0.15) is 25.8 Å². The topological polar surface area (TPSA) is 3.24 Å². The molecule has 1 nitrogen and oxygen atoms in total. The number of hydrogen-bond donors (Lipinski definition) is 0. The second-order valence-electron chi connectivity index (χ2n) is 4.36. The smallest absolute Gasteiger partial charge is 0.159 e. The number of rotatable bonds is 6. The van der Waals surface area contributed by atoms with E-state index in [-0.39, 0.29) is 0 Å². The van der Waals surface area contributed by atoms with Gasteiger partial charge < -0.3 is 0 Å². The van der Waals surface area contributed by atoms with E-state index in [0.29, 0.717) is 12.6 Å². The zero-order valence-corrected chi connectivity index (χ0v) is 11.8. The van der Waals surface area contributed by atoms with Crippen molar-refractivity contribution in [2.24, 2.45) is 0 Å². The second-order valence-corrected chi connectivity index (χ2v) is 5.15. The highest BCUT2D eigenvalue weighted by Gasteiger charge is 2.11. The number of alkyl halides is 1. The van der Waals surface area contributed by atoms with Crippen LogP contribution in [0.5, 0.6) is 0 Å². The number of halogens is 3. The molecule has 0 radical (unpaired) electrons. The van der Waals surface area contributed by atoms with E-state index in [9.17, 15) is 8.78 Å². The Morgan fingerprint density at radius 2 is 1.94 bits per heavy atom. The highest BCUT2D eigenvalue weighted by atomic mass is 79.9. The fraction of sp³-hybridized carbons (Fsp3) is 0.538. The molecular formula is C13H18BrF2N. The van der Waals surface area contributed by atoms with E-state index in [1.807, 2.05) is 0 Å². The molecule has 0 aliphatic heterocycles. The lowest BCUT2D eigenvalue weighted by atomic mass is 10.1. The third-order valence-electron chi connectivity index (χ3n) is 2.68. The van der Waals surface area contributed by atoms with Crippen LogP contribution in [0.4, 0.5) is 8.78 Å². The average molecular weight is 306 g/mol. The average Bonchev–Trinajstić information content (AvgIpc) is 2.28. The summed E-state index contributed by atoms with van der Waals surface area (Å²) in [6.07, 6.45) is 1.04. The molecule has 0 spiro atoms. The van der Waals surface area contributed by atoms with Crippen molar-refractivity contribution in [2.45, 2.75) is 32.9 Å². The fourth-order valence-electron chi connectivity index (χ4n) is 1.66. The van der Waals surface area contributed by atoms with E-state index in [2.05, 4.69) is 34.7 Å². The van der Waals surface area contributed by atoms with Crippen LogP contribution >= 0.6 is 15.9 Å².